The highest BCUT2D eigenvalue weighted by Crippen LogP contribution is 2.35. The van der Waals surface area contributed by atoms with Crippen molar-refractivity contribution in [1.29, 1.82) is 0 Å². The molecule has 4 aromatic carbocycles. The molecule has 48 heavy (non-hydrogen) atoms. The van der Waals surface area contributed by atoms with Crippen molar-refractivity contribution in [1.82, 2.24) is 4.57 Å². The number of rotatable bonds is 10. The number of non-ortho nitro benzene ring substituents is 1. The zero-order chi connectivity index (χ0) is 33.8. The minimum Gasteiger partial charge on any atom is -0.489 e. The second kappa shape index (κ2) is 14.0. The number of fused-ring (bicyclic) bond motifs is 1. The molecule has 1 aromatic heterocycles. The summed E-state index contributed by atoms with van der Waals surface area (Å²) < 4.78 is 13.6. The molecule has 0 saturated carbocycles. The number of ether oxygens (including phenoxy) is 2. The van der Waals surface area contributed by atoms with Crippen LogP contribution in [0.4, 0.5) is 5.69 Å². The summed E-state index contributed by atoms with van der Waals surface area (Å²) in [6.07, 6.45) is 1.79. The van der Waals surface area contributed by atoms with E-state index < -0.39 is 16.9 Å². The number of nitro groups is 1. The lowest BCUT2D eigenvalue weighted by atomic mass is 9.91. The first-order valence-corrected chi connectivity index (χ1v) is 16.4. The Balaban J connectivity index is 1.44. The van der Waals surface area contributed by atoms with Crippen molar-refractivity contribution in [2.75, 3.05) is 6.61 Å². The van der Waals surface area contributed by atoms with Crippen molar-refractivity contribution in [3.8, 4) is 5.75 Å². The molecule has 0 radical (unpaired) electrons. The maximum atomic E-state index is 14.2. The van der Waals surface area contributed by atoms with E-state index in [9.17, 15) is 19.7 Å². The highest BCUT2D eigenvalue weighted by molar-refractivity contribution is 7.07. The van der Waals surface area contributed by atoms with Crippen molar-refractivity contribution in [2.45, 2.75) is 39.3 Å². The number of carbonyl (C=O) groups is 1. The molecule has 242 valence electrons. The molecule has 0 N–H and O–H groups in total. The van der Waals surface area contributed by atoms with Gasteiger partial charge in [-0.05, 0) is 65.4 Å². The first-order chi connectivity index (χ1) is 23.2. The molecule has 0 aliphatic carbocycles. The predicted molar refractivity (Wildman–Crippen MR) is 185 cm³/mol. The van der Waals surface area contributed by atoms with E-state index in [4.69, 9.17) is 14.5 Å². The number of hydrogen-bond acceptors (Lipinski definition) is 8. The molecule has 0 spiro atoms. The Kier molecular flexibility index (Phi) is 9.45. The van der Waals surface area contributed by atoms with Crippen LogP contribution in [0.25, 0.3) is 11.8 Å². The summed E-state index contributed by atoms with van der Waals surface area (Å²) in [5.74, 6) is 0.369. The van der Waals surface area contributed by atoms with Gasteiger partial charge in [0.25, 0.3) is 11.2 Å². The van der Waals surface area contributed by atoms with Gasteiger partial charge in [-0.2, -0.15) is 0 Å². The molecule has 0 amide bonds. The molecular formula is C38H33N3O6S. The average molecular weight is 660 g/mol. The topological polar surface area (TPSA) is 113 Å². The Labute approximate surface area is 280 Å². The van der Waals surface area contributed by atoms with E-state index in [1.807, 2.05) is 78.9 Å². The zero-order valence-corrected chi connectivity index (χ0v) is 27.5. The number of benzene rings is 4. The van der Waals surface area contributed by atoms with Crippen LogP contribution < -0.4 is 19.6 Å². The third kappa shape index (κ3) is 6.74. The van der Waals surface area contributed by atoms with Gasteiger partial charge < -0.3 is 9.47 Å². The summed E-state index contributed by atoms with van der Waals surface area (Å²) in [4.78, 5) is 43.9. The van der Waals surface area contributed by atoms with Crippen molar-refractivity contribution < 1.29 is 19.2 Å². The van der Waals surface area contributed by atoms with Crippen molar-refractivity contribution in [3.63, 3.8) is 0 Å². The van der Waals surface area contributed by atoms with Gasteiger partial charge in [0.05, 0.1) is 33.4 Å². The lowest BCUT2D eigenvalue weighted by Gasteiger charge is -2.26. The third-order valence-corrected chi connectivity index (χ3v) is 8.98. The van der Waals surface area contributed by atoms with E-state index >= 15 is 0 Å². The first-order valence-electron chi connectivity index (χ1n) is 15.6. The molecule has 0 bridgehead atoms. The maximum absolute atomic E-state index is 14.2. The normalized spacial score (nSPS) is 14.4. The lowest BCUT2D eigenvalue weighted by molar-refractivity contribution is -0.384. The number of thiazole rings is 1. The summed E-state index contributed by atoms with van der Waals surface area (Å²) in [6.45, 7) is 6.39. The maximum Gasteiger partial charge on any atom is 0.338 e. The molecule has 1 aliphatic heterocycles. The van der Waals surface area contributed by atoms with Crippen molar-refractivity contribution in [2.24, 2.45) is 4.99 Å². The zero-order valence-electron chi connectivity index (χ0n) is 26.7. The molecule has 0 fully saturated rings. The highest BCUT2D eigenvalue weighted by atomic mass is 32.1. The fourth-order valence-corrected chi connectivity index (χ4v) is 6.55. The van der Waals surface area contributed by atoms with Gasteiger partial charge in [0, 0.05) is 17.7 Å². The van der Waals surface area contributed by atoms with Gasteiger partial charge in [-0.3, -0.25) is 19.5 Å². The van der Waals surface area contributed by atoms with E-state index in [0.717, 1.165) is 27.8 Å². The molecule has 0 saturated heterocycles. The highest BCUT2D eigenvalue weighted by Gasteiger charge is 2.35. The number of hydrogen-bond donors (Lipinski definition) is 0. The Morgan fingerprint density at radius 1 is 1.00 bits per heavy atom. The van der Waals surface area contributed by atoms with Crippen LogP contribution in [0.2, 0.25) is 0 Å². The largest absolute Gasteiger partial charge is 0.489 e. The predicted octanol–water partition coefficient (Wildman–Crippen LogP) is 6.55. The molecule has 1 aliphatic rings. The van der Waals surface area contributed by atoms with E-state index in [1.54, 1.807) is 29.7 Å². The summed E-state index contributed by atoms with van der Waals surface area (Å²) in [5.41, 5.74) is 4.72. The van der Waals surface area contributed by atoms with E-state index in [2.05, 4.69) is 13.8 Å². The Morgan fingerprint density at radius 3 is 2.40 bits per heavy atom. The number of nitrogens with zero attached hydrogens (tertiary/aromatic N) is 3. The molecule has 0 unspecified atom stereocenters. The van der Waals surface area contributed by atoms with Crippen molar-refractivity contribution in [3.05, 3.63) is 166 Å². The number of esters is 1. The van der Waals surface area contributed by atoms with Crippen molar-refractivity contribution >= 4 is 34.8 Å². The minimum absolute atomic E-state index is 0.0160. The van der Waals surface area contributed by atoms with Gasteiger partial charge in [0.15, 0.2) is 4.80 Å². The number of carbonyl (C=O) groups excluding carboxylic acids is 1. The van der Waals surface area contributed by atoms with E-state index in [-0.39, 0.29) is 24.5 Å². The monoisotopic (exact) mass is 659 g/mol. The summed E-state index contributed by atoms with van der Waals surface area (Å²) >= 11 is 1.25. The van der Waals surface area contributed by atoms with E-state index in [0.29, 0.717) is 32.3 Å². The van der Waals surface area contributed by atoms with Crippen LogP contribution in [0.15, 0.2) is 118 Å². The van der Waals surface area contributed by atoms with Gasteiger partial charge in [0.1, 0.15) is 12.4 Å². The summed E-state index contributed by atoms with van der Waals surface area (Å²) in [7, 11) is 0. The van der Waals surface area contributed by atoms with Gasteiger partial charge in [-0.15, -0.1) is 0 Å². The second-order valence-corrected chi connectivity index (χ2v) is 12.5. The van der Waals surface area contributed by atoms with Crippen LogP contribution in [0.5, 0.6) is 5.75 Å². The van der Waals surface area contributed by atoms with Crippen LogP contribution in [0.3, 0.4) is 0 Å². The summed E-state index contributed by atoms with van der Waals surface area (Å²) in [5, 5.41) is 11.0. The molecule has 9 nitrogen and oxygen atoms in total. The van der Waals surface area contributed by atoms with E-state index in [1.165, 1.54) is 23.5 Å². The molecule has 10 heteroatoms. The van der Waals surface area contributed by atoms with Crippen LogP contribution in [-0.4, -0.2) is 22.1 Å². The average Bonchev–Trinajstić information content (AvgIpc) is 3.41. The van der Waals surface area contributed by atoms with Crippen LogP contribution >= 0.6 is 11.3 Å². The van der Waals surface area contributed by atoms with Crippen LogP contribution in [-0.2, 0) is 16.1 Å². The van der Waals surface area contributed by atoms with Crippen LogP contribution in [0.1, 0.15) is 60.5 Å². The first kappa shape index (κ1) is 32.3. The fraction of sp³-hybridized carbons (Fsp3) is 0.184. The SMILES string of the molecule is CCOC(=O)C1=C(c2ccccc2)N=c2s/c(=C\c3cccc(OCc4ccc([N+](=O)[O-])cc4)c3)c(=O)n2[C@H]1c1ccc(C(C)C)cc1. The molecule has 6 rings (SSSR count). The molecule has 2 heterocycles. The van der Waals surface area contributed by atoms with Gasteiger partial charge in [-0.25, -0.2) is 9.79 Å². The lowest BCUT2D eigenvalue weighted by Crippen LogP contribution is -2.40. The Hall–Kier alpha value is -5.61. The standard InChI is InChI=1S/C38H33N3O6S/c1-4-46-37(43)33-34(28-10-6-5-7-11-28)39-38-40(35(33)29-17-15-27(16-18-29)24(2)3)36(42)32(48-38)22-26-9-8-12-31(21-26)47-23-25-13-19-30(20-14-25)41(44)45/h5-22,24,35H,4,23H2,1-3H3/b32-22-/t35-/m0/s1. The quantitative estimate of drug-likeness (QED) is 0.0956. The smallest absolute Gasteiger partial charge is 0.338 e. The Morgan fingerprint density at radius 2 is 1.73 bits per heavy atom. The molecular weight excluding hydrogens is 627 g/mol. The minimum atomic E-state index is -0.754. The molecule has 5 aromatic rings. The van der Waals surface area contributed by atoms with Crippen LogP contribution in [0, 0.1) is 10.1 Å². The number of nitro benzene ring substituents is 1. The fourth-order valence-electron chi connectivity index (χ4n) is 5.55. The Bertz CT molecular complexity index is 2180. The second-order valence-electron chi connectivity index (χ2n) is 11.5. The van der Waals surface area contributed by atoms with Gasteiger partial charge in [-0.1, -0.05) is 91.9 Å². The summed E-state index contributed by atoms with van der Waals surface area (Å²) in [6, 6.07) is 30.2. The van der Waals surface area contributed by atoms with Gasteiger partial charge >= 0.3 is 5.97 Å². The van der Waals surface area contributed by atoms with Gasteiger partial charge in [0.2, 0.25) is 0 Å². The molecule has 1 atom stereocenters. The third-order valence-electron chi connectivity index (χ3n) is 8.00. The number of aromatic nitrogens is 1.